The number of sulfonamides is 1. The van der Waals surface area contributed by atoms with Crippen molar-refractivity contribution in [3.63, 3.8) is 0 Å². The lowest BCUT2D eigenvalue weighted by Gasteiger charge is -2.37. The van der Waals surface area contributed by atoms with Gasteiger partial charge in [0.15, 0.2) is 0 Å². The Hall–Kier alpha value is -1.96. The van der Waals surface area contributed by atoms with E-state index in [1.165, 1.54) is 0 Å². The molecule has 1 aliphatic rings. The molecular weight excluding hydrogens is 316 g/mol. The fourth-order valence-electron chi connectivity index (χ4n) is 2.98. The summed E-state index contributed by atoms with van der Waals surface area (Å²) in [5.41, 5.74) is 5.41. The van der Waals surface area contributed by atoms with Crippen LogP contribution in [0.4, 0.5) is 0 Å². The molecule has 1 saturated heterocycles. The topological polar surface area (TPSA) is 89.7 Å². The van der Waals surface area contributed by atoms with Gasteiger partial charge in [-0.25, -0.2) is 8.42 Å². The number of benzene rings is 2. The molecule has 1 fully saturated rings. The van der Waals surface area contributed by atoms with Gasteiger partial charge in [0.2, 0.25) is 15.9 Å². The van der Waals surface area contributed by atoms with Crippen molar-refractivity contribution >= 4 is 26.7 Å². The first-order valence-corrected chi connectivity index (χ1v) is 8.77. The van der Waals surface area contributed by atoms with E-state index < -0.39 is 28.1 Å². The summed E-state index contributed by atoms with van der Waals surface area (Å²) < 4.78 is 32.8. The maximum Gasteiger partial charge on any atom is 0.244 e. The Kier molecular flexibility index (Phi) is 4.09. The van der Waals surface area contributed by atoms with Crippen LogP contribution in [0.5, 0.6) is 0 Å². The average Bonchev–Trinajstić information content (AvgIpc) is 2.53. The van der Waals surface area contributed by atoms with E-state index in [-0.39, 0.29) is 18.0 Å². The summed E-state index contributed by atoms with van der Waals surface area (Å²) in [5.74, 6) is -0.707. The van der Waals surface area contributed by atoms with Crippen LogP contribution in [0.2, 0.25) is 0 Å². The number of fused-ring (bicyclic) bond motifs is 1. The third-order valence-corrected chi connectivity index (χ3v) is 6.01. The number of hydrogen-bond acceptors (Lipinski definition) is 4. The van der Waals surface area contributed by atoms with Crippen LogP contribution >= 0.6 is 0 Å². The molecule has 2 aromatic rings. The van der Waals surface area contributed by atoms with Crippen molar-refractivity contribution in [2.24, 2.45) is 5.73 Å². The van der Waals surface area contributed by atoms with E-state index >= 15 is 0 Å². The molecule has 2 N–H and O–H groups in total. The number of hydrogen-bond donors (Lipinski definition) is 1. The number of nitrogens with two attached hydrogens (primary N) is 1. The number of amides is 1. The van der Waals surface area contributed by atoms with E-state index in [0.29, 0.717) is 5.39 Å². The van der Waals surface area contributed by atoms with Crippen LogP contribution in [0.1, 0.15) is 6.92 Å². The number of nitrogens with zero attached hydrogens (tertiary/aromatic N) is 1. The Balaban J connectivity index is 2.14. The van der Waals surface area contributed by atoms with Crippen molar-refractivity contribution in [2.75, 3.05) is 13.2 Å². The van der Waals surface area contributed by atoms with Gasteiger partial charge in [0.05, 0.1) is 17.6 Å². The molecule has 0 saturated carbocycles. The molecule has 3 rings (SSSR count). The predicted octanol–water partition coefficient (Wildman–Crippen LogP) is 1.10. The van der Waals surface area contributed by atoms with E-state index in [1.54, 1.807) is 31.2 Å². The van der Waals surface area contributed by atoms with Gasteiger partial charge in [0.1, 0.15) is 6.04 Å². The summed E-state index contributed by atoms with van der Waals surface area (Å²) in [4.78, 5) is 11.9. The largest absolute Gasteiger partial charge is 0.375 e. The highest BCUT2D eigenvalue weighted by molar-refractivity contribution is 7.89. The van der Waals surface area contributed by atoms with Gasteiger partial charge < -0.3 is 10.5 Å². The van der Waals surface area contributed by atoms with Crippen LogP contribution in [0.25, 0.3) is 10.8 Å². The van der Waals surface area contributed by atoms with Gasteiger partial charge in [0.25, 0.3) is 0 Å². The Morgan fingerprint density at radius 3 is 2.65 bits per heavy atom. The third kappa shape index (κ3) is 2.71. The number of ether oxygens (including phenoxy) is 1. The molecule has 122 valence electrons. The Labute approximate surface area is 134 Å². The number of primary amides is 1. The fourth-order valence-corrected chi connectivity index (χ4v) is 4.84. The van der Waals surface area contributed by atoms with Crippen molar-refractivity contribution in [3.05, 3.63) is 42.5 Å². The molecular formula is C16H18N2O4S. The summed E-state index contributed by atoms with van der Waals surface area (Å²) in [6.07, 6.45) is -0.578. The van der Waals surface area contributed by atoms with Gasteiger partial charge in [-0.2, -0.15) is 4.31 Å². The molecule has 0 spiro atoms. The average molecular weight is 334 g/mol. The molecule has 6 nitrogen and oxygen atoms in total. The minimum atomic E-state index is -3.86. The second-order valence-electron chi connectivity index (χ2n) is 5.52. The number of morpholine rings is 1. The van der Waals surface area contributed by atoms with Gasteiger partial charge in [-0.3, -0.25) is 4.79 Å². The van der Waals surface area contributed by atoms with Crippen molar-refractivity contribution in [3.8, 4) is 0 Å². The van der Waals surface area contributed by atoms with E-state index in [1.807, 2.05) is 18.2 Å². The normalized spacial score (nSPS) is 23.0. The molecule has 7 heteroatoms. The van der Waals surface area contributed by atoms with Crippen LogP contribution in [-0.2, 0) is 19.6 Å². The van der Waals surface area contributed by atoms with Crippen LogP contribution in [-0.4, -0.2) is 43.9 Å². The third-order valence-electron chi connectivity index (χ3n) is 4.08. The summed E-state index contributed by atoms with van der Waals surface area (Å²) >= 11 is 0. The second-order valence-corrected chi connectivity index (χ2v) is 7.38. The Bertz CT molecular complexity index is 845. The van der Waals surface area contributed by atoms with E-state index in [0.717, 1.165) is 9.69 Å². The number of rotatable bonds is 3. The summed E-state index contributed by atoms with van der Waals surface area (Å²) in [5, 5.41) is 1.45. The smallest absolute Gasteiger partial charge is 0.244 e. The van der Waals surface area contributed by atoms with Gasteiger partial charge in [-0.1, -0.05) is 36.4 Å². The standard InChI is InChI=1S/C16H18N2O4S/c1-11-15(16(17)19)18(9-10-22-11)23(20,21)14-8-4-6-12-5-2-3-7-13(12)14/h2-8,11,15H,9-10H2,1H3,(H2,17,19)/t11-,15+/m1/s1. The van der Waals surface area contributed by atoms with Crippen LogP contribution in [0.3, 0.4) is 0 Å². The molecule has 1 aliphatic heterocycles. The van der Waals surface area contributed by atoms with Gasteiger partial charge in [-0.15, -0.1) is 0 Å². The quantitative estimate of drug-likeness (QED) is 0.910. The SMILES string of the molecule is C[C@H]1OCCN(S(=O)(=O)c2cccc3ccccc23)[C@@H]1C(N)=O. The monoisotopic (exact) mass is 334 g/mol. The number of carbonyl (C=O) groups excluding carboxylic acids is 1. The Morgan fingerprint density at radius 2 is 1.91 bits per heavy atom. The molecule has 0 aromatic heterocycles. The summed E-state index contributed by atoms with van der Waals surface area (Å²) in [6, 6.07) is 11.3. The lowest BCUT2D eigenvalue weighted by Crippen LogP contribution is -2.58. The molecule has 2 atom stereocenters. The first-order chi connectivity index (χ1) is 10.9. The molecule has 0 unspecified atom stereocenters. The van der Waals surface area contributed by atoms with E-state index in [4.69, 9.17) is 10.5 Å². The Morgan fingerprint density at radius 1 is 1.22 bits per heavy atom. The molecule has 0 aliphatic carbocycles. The van der Waals surface area contributed by atoms with Gasteiger partial charge >= 0.3 is 0 Å². The first-order valence-electron chi connectivity index (χ1n) is 7.33. The molecule has 0 radical (unpaired) electrons. The lowest BCUT2D eigenvalue weighted by atomic mass is 10.1. The van der Waals surface area contributed by atoms with Crippen molar-refractivity contribution in [1.82, 2.24) is 4.31 Å². The van der Waals surface area contributed by atoms with E-state index in [2.05, 4.69) is 0 Å². The van der Waals surface area contributed by atoms with E-state index in [9.17, 15) is 13.2 Å². The number of carbonyl (C=O) groups is 1. The van der Waals surface area contributed by atoms with Crippen LogP contribution < -0.4 is 5.73 Å². The first kappa shape index (κ1) is 15.9. The zero-order valence-electron chi connectivity index (χ0n) is 12.7. The molecule has 2 aromatic carbocycles. The van der Waals surface area contributed by atoms with Crippen molar-refractivity contribution in [1.29, 1.82) is 0 Å². The second kappa shape index (κ2) is 5.92. The molecule has 23 heavy (non-hydrogen) atoms. The summed E-state index contributed by atoms with van der Waals surface area (Å²) in [7, 11) is -3.86. The van der Waals surface area contributed by atoms with Gasteiger partial charge in [-0.05, 0) is 18.4 Å². The van der Waals surface area contributed by atoms with Gasteiger partial charge in [0, 0.05) is 11.9 Å². The minimum absolute atomic E-state index is 0.101. The molecule has 0 bridgehead atoms. The maximum atomic E-state index is 13.1. The van der Waals surface area contributed by atoms with Crippen LogP contribution in [0.15, 0.2) is 47.4 Å². The van der Waals surface area contributed by atoms with Crippen molar-refractivity contribution < 1.29 is 17.9 Å². The highest BCUT2D eigenvalue weighted by Gasteiger charge is 2.41. The lowest BCUT2D eigenvalue weighted by molar-refractivity contribution is -0.130. The highest BCUT2D eigenvalue weighted by Crippen LogP contribution is 2.29. The predicted molar refractivity (Wildman–Crippen MR) is 86.2 cm³/mol. The zero-order valence-corrected chi connectivity index (χ0v) is 13.5. The fraction of sp³-hybridized carbons (Fsp3) is 0.312. The minimum Gasteiger partial charge on any atom is -0.375 e. The summed E-state index contributed by atoms with van der Waals surface area (Å²) in [6.45, 7) is 1.98. The molecule has 1 amide bonds. The maximum absolute atomic E-state index is 13.1. The van der Waals surface area contributed by atoms with Crippen molar-refractivity contribution in [2.45, 2.75) is 24.0 Å². The zero-order chi connectivity index (χ0) is 16.6. The molecule has 1 heterocycles. The highest BCUT2D eigenvalue weighted by atomic mass is 32.2. The van der Waals surface area contributed by atoms with Crippen LogP contribution in [0, 0.1) is 0 Å².